The van der Waals surface area contributed by atoms with E-state index in [1.165, 1.54) is 12.3 Å². The Kier molecular flexibility index (Phi) is 1.17. The van der Waals surface area contributed by atoms with Gasteiger partial charge in [-0.2, -0.15) is 0 Å². The Balaban J connectivity index is 2.48. The molecule has 4 heteroatoms. The molecule has 0 aromatic heterocycles. The van der Waals surface area contributed by atoms with Crippen molar-refractivity contribution < 1.29 is 14.7 Å². The van der Waals surface area contributed by atoms with E-state index in [0.29, 0.717) is 0 Å². The van der Waals surface area contributed by atoms with Crippen molar-refractivity contribution in [3.63, 3.8) is 0 Å². The highest BCUT2D eigenvalue weighted by molar-refractivity contribution is 5.73. The van der Waals surface area contributed by atoms with Crippen molar-refractivity contribution in [3.05, 3.63) is 12.3 Å². The van der Waals surface area contributed by atoms with Gasteiger partial charge in [0.25, 0.3) is 0 Å². The SMILES string of the molecule is O=C([O-])C1C=CON1. The summed E-state index contributed by atoms with van der Waals surface area (Å²) in [4.78, 5) is 14.3. The first kappa shape index (κ1) is 5.11. The number of hydroxylamine groups is 1. The first-order valence-electron chi connectivity index (χ1n) is 2.09. The number of aliphatic carboxylic acids is 1. The van der Waals surface area contributed by atoms with Gasteiger partial charge in [-0.05, 0) is 6.08 Å². The molecule has 0 saturated carbocycles. The fourth-order valence-corrected chi connectivity index (χ4v) is 0.396. The van der Waals surface area contributed by atoms with Crippen LogP contribution >= 0.6 is 0 Å². The molecule has 0 saturated heterocycles. The molecule has 0 bridgehead atoms. The van der Waals surface area contributed by atoms with Crippen LogP contribution in [0.2, 0.25) is 0 Å². The number of carboxylic acids is 1. The summed E-state index contributed by atoms with van der Waals surface area (Å²) in [6.07, 6.45) is 2.62. The molecule has 44 valence electrons. The zero-order chi connectivity index (χ0) is 5.98. The van der Waals surface area contributed by atoms with Gasteiger partial charge < -0.3 is 14.7 Å². The molecule has 8 heavy (non-hydrogen) atoms. The Morgan fingerprint density at radius 3 is 2.88 bits per heavy atom. The second-order valence-corrected chi connectivity index (χ2v) is 1.36. The Bertz CT molecular complexity index is 131. The highest BCUT2D eigenvalue weighted by atomic mass is 16.6. The molecule has 1 unspecified atom stereocenters. The zero-order valence-electron chi connectivity index (χ0n) is 3.96. The van der Waals surface area contributed by atoms with Crippen LogP contribution in [0.1, 0.15) is 0 Å². The van der Waals surface area contributed by atoms with Crippen LogP contribution in [0.3, 0.4) is 0 Å². The average Bonchev–Trinajstić information content (AvgIpc) is 2.12. The molecular weight excluding hydrogens is 110 g/mol. The number of rotatable bonds is 1. The highest BCUT2D eigenvalue weighted by Crippen LogP contribution is 1.92. The normalized spacial score (nSPS) is 25.2. The predicted octanol–water partition coefficient (Wildman–Crippen LogP) is -1.85. The van der Waals surface area contributed by atoms with E-state index in [1.807, 2.05) is 0 Å². The van der Waals surface area contributed by atoms with Crippen molar-refractivity contribution in [2.24, 2.45) is 0 Å². The van der Waals surface area contributed by atoms with Gasteiger partial charge in [0.05, 0.1) is 5.97 Å². The standard InChI is InChI=1S/C4H5NO3/c6-4(7)3-1-2-8-5-3/h1-3,5H,(H,6,7)/p-1. The Hall–Kier alpha value is -1.03. The summed E-state index contributed by atoms with van der Waals surface area (Å²) in [5.41, 5.74) is 2.18. The van der Waals surface area contributed by atoms with E-state index < -0.39 is 12.0 Å². The van der Waals surface area contributed by atoms with Crippen molar-refractivity contribution in [1.82, 2.24) is 5.48 Å². The fourth-order valence-electron chi connectivity index (χ4n) is 0.396. The van der Waals surface area contributed by atoms with Crippen LogP contribution in [0.25, 0.3) is 0 Å². The fraction of sp³-hybridized carbons (Fsp3) is 0.250. The van der Waals surface area contributed by atoms with Crippen molar-refractivity contribution in [1.29, 1.82) is 0 Å². The summed E-state index contributed by atoms with van der Waals surface area (Å²) in [5.74, 6) is -1.18. The first-order valence-corrected chi connectivity index (χ1v) is 2.09. The van der Waals surface area contributed by atoms with Gasteiger partial charge >= 0.3 is 0 Å². The largest absolute Gasteiger partial charge is 0.548 e. The molecule has 0 aliphatic carbocycles. The molecule has 0 aromatic rings. The van der Waals surface area contributed by atoms with Gasteiger partial charge in [0.15, 0.2) is 0 Å². The Morgan fingerprint density at radius 1 is 1.88 bits per heavy atom. The lowest BCUT2D eigenvalue weighted by Gasteiger charge is -2.06. The summed E-state index contributed by atoms with van der Waals surface area (Å²) >= 11 is 0. The number of carbonyl (C=O) groups excluding carboxylic acids is 1. The molecule has 0 spiro atoms. The maximum absolute atomic E-state index is 9.90. The molecule has 1 aliphatic heterocycles. The van der Waals surface area contributed by atoms with Crippen LogP contribution in [0.4, 0.5) is 0 Å². The highest BCUT2D eigenvalue weighted by Gasteiger charge is 2.08. The second kappa shape index (κ2) is 1.83. The monoisotopic (exact) mass is 114 g/mol. The van der Waals surface area contributed by atoms with Crippen LogP contribution < -0.4 is 10.6 Å². The number of hydrogen-bond acceptors (Lipinski definition) is 4. The summed E-state index contributed by atoms with van der Waals surface area (Å²) in [6, 6.07) is -0.782. The van der Waals surface area contributed by atoms with E-state index in [9.17, 15) is 9.90 Å². The Labute approximate surface area is 45.7 Å². The van der Waals surface area contributed by atoms with Crippen LogP contribution in [0, 0.1) is 0 Å². The maximum Gasteiger partial charge on any atom is 0.109 e. The summed E-state index contributed by atoms with van der Waals surface area (Å²) in [6.45, 7) is 0. The minimum Gasteiger partial charge on any atom is -0.548 e. The molecular formula is C4H4NO3-. The Morgan fingerprint density at radius 2 is 2.62 bits per heavy atom. The van der Waals surface area contributed by atoms with Gasteiger partial charge in [-0.3, -0.25) is 0 Å². The summed E-state index contributed by atoms with van der Waals surface area (Å²) in [7, 11) is 0. The lowest BCUT2D eigenvalue weighted by atomic mass is 10.3. The van der Waals surface area contributed by atoms with Crippen molar-refractivity contribution in [2.75, 3.05) is 0 Å². The van der Waals surface area contributed by atoms with E-state index in [1.54, 1.807) is 0 Å². The maximum atomic E-state index is 9.90. The van der Waals surface area contributed by atoms with Crippen molar-refractivity contribution in [3.8, 4) is 0 Å². The van der Waals surface area contributed by atoms with Crippen molar-refractivity contribution >= 4 is 5.97 Å². The third kappa shape index (κ3) is 0.788. The molecule has 0 radical (unpaired) electrons. The first-order chi connectivity index (χ1) is 3.80. The molecule has 0 aromatic carbocycles. The topological polar surface area (TPSA) is 61.4 Å². The van der Waals surface area contributed by atoms with Gasteiger partial charge in [0.2, 0.25) is 0 Å². The number of nitrogens with one attached hydrogen (secondary N) is 1. The van der Waals surface area contributed by atoms with E-state index >= 15 is 0 Å². The summed E-state index contributed by atoms with van der Waals surface area (Å²) < 4.78 is 0. The van der Waals surface area contributed by atoms with Gasteiger partial charge in [-0.1, -0.05) is 0 Å². The molecule has 0 fully saturated rings. The van der Waals surface area contributed by atoms with E-state index in [4.69, 9.17) is 0 Å². The van der Waals surface area contributed by atoms with E-state index in [-0.39, 0.29) is 0 Å². The minimum atomic E-state index is -1.18. The lowest BCUT2D eigenvalue weighted by molar-refractivity contribution is -0.308. The lowest BCUT2D eigenvalue weighted by Crippen LogP contribution is -2.41. The number of carbonyl (C=O) groups is 1. The number of hydrogen-bond donors (Lipinski definition) is 1. The molecule has 1 N–H and O–H groups in total. The van der Waals surface area contributed by atoms with Gasteiger partial charge in [-0.15, -0.1) is 5.48 Å². The third-order valence-corrected chi connectivity index (χ3v) is 0.788. The van der Waals surface area contributed by atoms with Crippen LogP contribution in [-0.2, 0) is 9.63 Å². The van der Waals surface area contributed by atoms with Crippen LogP contribution in [0.15, 0.2) is 12.3 Å². The van der Waals surface area contributed by atoms with Crippen LogP contribution in [-0.4, -0.2) is 12.0 Å². The zero-order valence-corrected chi connectivity index (χ0v) is 3.96. The smallest absolute Gasteiger partial charge is 0.109 e. The third-order valence-electron chi connectivity index (χ3n) is 0.788. The van der Waals surface area contributed by atoms with E-state index in [2.05, 4.69) is 10.3 Å². The van der Waals surface area contributed by atoms with E-state index in [0.717, 1.165) is 0 Å². The summed E-state index contributed by atoms with van der Waals surface area (Å²) in [5, 5.41) is 9.90. The van der Waals surface area contributed by atoms with Gasteiger partial charge in [0.1, 0.15) is 12.3 Å². The van der Waals surface area contributed by atoms with Crippen LogP contribution in [0.5, 0.6) is 0 Å². The molecule has 0 amide bonds. The molecule has 4 nitrogen and oxygen atoms in total. The number of carboxylic acid groups (broad SMARTS) is 1. The quantitative estimate of drug-likeness (QED) is 0.435. The molecule has 1 heterocycles. The molecule has 1 aliphatic rings. The van der Waals surface area contributed by atoms with Gasteiger partial charge in [0, 0.05) is 0 Å². The predicted molar refractivity (Wildman–Crippen MR) is 22.2 cm³/mol. The molecule has 1 rings (SSSR count). The minimum absolute atomic E-state index is 0.782. The van der Waals surface area contributed by atoms with Crippen molar-refractivity contribution in [2.45, 2.75) is 6.04 Å². The second-order valence-electron chi connectivity index (χ2n) is 1.36. The average molecular weight is 114 g/mol. The molecule has 1 atom stereocenters. The van der Waals surface area contributed by atoms with Gasteiger partial charge in [-0.25, -0.2) is 0 Å².